The second kappa shape index (κ2) is 14.0. The molecule has 47 heavy (non-hydrogen) atoms. The quantitative estimate of drug-likeness (QED) is 0.221. The number of aromatic nitrogens is 5. The first-order chi connectivity index (χ1) is 22.2. The average Bonchev–Trinajstić information content (AvgIpc) is 3.65. The van der Waals surface area contributed by atoms with Crippen molar-refractivity contribution >= 4 is 17.9 Å². The number of allylic oxidation sites excluding steroid dienone is 1. The number of carbonyl (C=O) groups excluding carboxylic acids is 2. The molecule has 17 heteroatoms. The van der Waals surface area contributed by atoms with Gasteiger partial charge in [-0.1, -0.05) is 16.9 Å². The third kappa shape index (κ3) is 9.48. The predicted molar refractivity (Wildman–Crippen MR) is 151 cm³/mol. The fourth-order valence-corrected chi connectivity index (χ4v) is 5.59. The molecule has 0 saturated carbocycles. The van der Waals surface area contributed by atoms with Gasteiger partial charge >= 0.3 is 12.5 Å². The van der Waals surface area contributed by atoms with Gasteiger partial charge in [0.05, 0.1) is 17.6 Å². The number of likely N-dealkylation sites (tertiary alicyclic amines) is 1. The highest BCUT2D eigenvalue weighted by Gasteiger charge is 2.35. The maximum Gasteiger partial charge on any atom is 0.573 e. The Morgan fingerprint density at radius 2 is 1.77 bits per heavy atom. The van der Waals surface area contributed by atoms with Crippen LogP contribution in [0.2, 0.25) is 0 Å². The van der Waals surface area contributed by atoms with Crippen LogP contribution in [-0.2, 0) is 30.7 Å². The summed E-state index contributed by atoms with van der Waals surface area (Å²) in [5, 5.41) is 18.8. The molecule has 1 aromatic carbocycles. The van der Waals surface area contributed by atoms with Crippen molar-refractivity contribution in [2.75, 3.05) is 13.1 Å². The number of halogens is 7. The number of nitrogens with one attached hydrogen (secondary N) is 1. The number of hydrogen-bond acceptors (Lipinski definition) is 7. The maximum atomic E-state index is 14.0. The van der Waals surface area contributed by atoms with Gasteiger partial charge in [0.25, 0.3) is 5.91 Å². The minimum absolute atomic E-state index is 0.0428. The molecule has 1 aliphatic carbocycles. The van der Waals surface area contributed by atoms with Crippen molar-refractivity contribution in [1.82, 2.24) is 35.4 Å². The second-order valence-electron chi connectivity index (χ2n) is 11.4. The SMILES string of the molecule is O=C(NCc1cc(OC(F)(F)F)ccc1F)c1cn(CCCCc2cc3c(nn2)CC(C2CCN(C(=O)CC(F)(F)F)CC2)=C3)nn1. The molecule has 0 atom stereocenters. The van der Waals surface area contributed by atoms with Crippen LogP contribution in [0.1, 0.15) is 65.1 Å². The Balaban J connectivity index is 1.05. The largest absolute Gasteiger partial charge is 0.573 e. The lowest BCUT2D eigenvalue weighted by Gasteiger charge is -2.33. The highest BCUT2D eigenvalue weighted by Crippen LogP contribution is 2.34. The van der Waals surface area contributed by atoms with Gasteiger partial charge in [0.1, 0.15) is 18.0 Å². The highest BCUT2D eigenvalue weighted by molar-refractivity contribution is 5.91. The van der Waals surface area contributed by atoms with E-state index in [4.69, 9.17) is 0 Å². The van der Waals surface area contributed by atoms with Crippen molar-refractivity contribution in [2.45, 2.75) is 70.6 Å². The number of unbranched alkanes of at least 4 members (excludes halogenated alkanes) is 1. The monoisotopic (exact) mass is 669 g/mol. The number of nitrogens with zero attached hydrogens (tertiary/aromatic N) is 6. The average molecular weight is 670 g/mol. The van der Waals surface area contributed by atoms with E-state index in [1.807, 2.05) is 6.07 Å². The predicted octanol–water partition coefficient (Wildman–Crippen LogP) is 5.19. The van der Waals surface area contributed by atoms with Crippen molar-refractivity contribution in [1.29, 1.82) is 0 Å². The van der Waals surface area contributed by atoms with Gasteiger partial charge in [-0.15, -0.1) is 18.3 Å². The van der Waals surface area contributed by atoms with Crippen molar-refractivity contribution in [2.24, 2.45) is 5.92 Å². The lowest BCUT2D eigenvalue weighted by Crippen LogP contribution is -2.40. The van der Waals surface area contributed by atoms with Crippen LogP contribution < -0.4 is 10.1 Å². The van der Waals surface area contributed by atoms with E-state index in [1.165, 1.54) is 15.8 Å². The van der Waals surface area contributed by atoms with Crippen molar-refractivity contribution in [3.05, 3.63) is 70.1 Å². The van der Waals surface area contributed by atoms with E-state index in [1.54, 1.807) is 0 Å². The number of ether oxygens (including phenoxy) is 1. The number of amides is 2. The summed E-state index contributed by atoms with van der Waals surface area (Å²) in [6.45, 7) is 0.635. The van der Waals surface area contributed by atoms with Gasteiger partial charge in [-0.25, -0.2) is 4.39 Å². The Morgan fingerprint density at radius 1 is 1.00 bits per heavy atom. The van der Waals surface area contributed by atoms with Gasteiger partial charge in [0, 0.05) is 38.2 Å². The van der Waals surface area contributed by atoms with Gasteiger partial charge in [-0.3, -0.25) is 14.3 Å². The second-order valence-corrected chi connectivity index (χ2v) is 11.4. The molecule has 5 rings (SSSR count). The molecule has 1 fully saturated rings. The van der Waals surface area contributed by atoms with Crippen LogP contribution >= 0.6 is 0 Å². The van der Waals surface area contributed by atoms with E-state index in [-0.39, 0.29) is 17.2 Å². The first kappa shape index (κ1) is 33.8. The Kier molecular flexibility index (Phi) is 10.1. The molecule has 3 aromatic rings. The van der Waals surface area contributed by atoms with Crippen LogP contribution in [0.25, 0.3) is 6.08 Å². The normalized spacial score (nSPS) is 15.4. The number of alkyl halides is 6. The van der Waals surface area contributed by atoms with Crippen LogP contribution in [0.5, 0.6) is 5.75 Å². The van der Waals surface area contributed by atoms with E-state index in [0.717, 1.165) is 47.1 Å². The molecule has 2 aliphatic rings. The van der Waals surface area contributed by atoms with Crippen molar-refractivity contribution in [3.63, 3.8) is 0 Å². The summed E-state index contributed by atoms with van der Waals surface area (Å²) in [4.78, 5) is 25.6. The summed E-state index contributed by atoms with van der Waals surface area (Å²) in [6, 6.07) is 4.47. The standard InChI is InChI=1S/C30H30F7N7O3/c31-24-5-4-23(47-30(35,36)37)13-21(24)16-38-28(46)26-17-44(42-41-26)8-2-1-3-22-12-20-11-19(14-25(20)40-39-22)18-6-9-43(10-7-18)27(45)15-29(32,33)34/h4-5,11-13,17-18H,1-3,6-10,14-16H2,(H,38,46). The molecule has 0 spiro atoms. The smallest absolute Gasteiger partial charge is 0.406 e. The van der Waals surface area contributed by atoms with Crippen LogP contribution in [0.3, 0.4) is 0 Å². The van der Waals surface area contributed by atoms with Gasteiger partial charge < -0.3 is 15.0 Å². The summed E-state index contributed by atoms with van der Waals surface area (Å²) in [6.07, 6.45) is -3.55. The third-order valence-electron chi connectivity index (χ3n) is 7.92. The Labute approximate surface area is 264 Å². The first-order valence-corrected chi connectivity index (χ1v) is 14.9. The Hall–Kier alpha value is -4.57. The maximum absolute atomic E-state index is 14.0. The third-order valence-corrected chi connectivity index (χ3v) is 7.92. The minimum atomic E-state index is -4.94. The number of benzene rings is 1. The van der Waals surface area contributed by atoms with Crippen LogP contribution in [0.4, 0.5) is 30.7 Å². The van der Waals surface area contributed by atoms with Crippen LogP contribution in [0, 0.1) is 11.7 Å². The highest BCUT2D eigenvalue weighted by atomic mass is 19.4. The molecular weight excluding hydrogens is 639 g/mol. The van der Waals surface area contributed by atoms with Gasteiger partial charge in [0.15, 0.2) is 5.69 Å². The van der Waals surface area contributed by atoms with E-state index >= 15 is 0 Å². The number of fused-ring (bicyclic) bond motifs is 1. The molecule has 0 bridgehead atoms. The Bertz CT molecular complexity index is 1630. The summed E-state index contributed by atoms with van der Waals surface area (Å²) < 4.78 is 94.3. The summed E-state index contributed by atoms with van der Waals surface area (Å²) in [5.74, 6) is -2.82. The van der Waals surface area contributed by atoms with Gasteiger partial charge in [-0.05, 0) is 67.9 Å². The molecule has 0 radical (unpaired) electrons. The van der Waals surface area contributed by atoms with Gasteiger partial charge in [0.2, 0.25) is 5.91 Å². The first-order valence-electron chi connectivity index (χ1n) is 14.9. The molecule has 10 nitrogen and oxygen atoms in total. The number of piperidine rings is 1. The fraction of sp³-hybridized carbons (Fsp3) is 0.467. The van der Waals surface area contributed by atoms with E-state index in [0.29, 0.717) is 51.7 Å². The zero-order valence-electron chi connectivity index (χ0n) is 24.9. The number of rotatable bonds is 11. The van der Waals surface area contributed by atoms with Crippen molar-refractivity contribution in [3.8, 4) is 5.75 Å². The summed E-state index contributed by atoms with van der Waals surface area (Å²) in [7, 11) is 0. The van der Waals surface area contributed by atoms with E-state index < -0.39 is 48.9 Å². The van der Waals surface area contributed by atoms with Crippen LogP contribution in [0.15, 0.2) is 36.0 Å². The van der Waals surface area contributed by atoms with E-state index in [9.17, 15) is 40.3 Å². The zero-order chi connectivity index (χ0) is 33.8. The number of hydrogen-bond donors (Lipinski definition) is 1. The molecule has 0 unspecified atom stereocenters. The zero-order valence-corrected chi connectivity index (χ0v) is 24.9. The molecule has 1 saturated heterocycles. The molecule has 1 N–H and O–H groups in total. The van der Waals surface area contributed by atoms with E-state index in [2.05, 4.69) is 36.6 Å². The fourth-order valence-electron chi connectivity index (χ4n) is 5.59. The molecule has 252 valence electrons. The summed E-state index contributed by atoms with van der Waals surface area (Å²) in [5.41, 5.74) is 3.51. The van der Waals surface area contributed by atoms with Crippen molar-refractivity contribution < 1.29 is 45.1 Å². The molecule has 3 heterocycles. The Morgan fingerprint density at radius 3 is 2.49 bits per heavy atom. The van der Waals surface area contributed by atoms with Crippen LogP contribution in [-0.4, -0.2) is 67.5 Å². The molecule has 1 aliphatic heterocycles. The molecular formula is C30H30F7N7O3. The number of aryl methyl sites for hydroxylation is 2. The minimum Gasteiger partial charge on any atom is -0.406 e. The number of carbonyl (C=O) groups is 2. The molecule has 2 aromatic heterocycles. The lowest BCUT2D eigenvalue weighted by atomic mass is 9.88. The lowest BCUT2D eigenvalue weighted by molar-refractivity contribution is -0.274. The summed E-state index contributed by atoms with van der Waals surface area (Å²) >= 11 is 0. The molecule has 2 amide bonds. The van der Waals surface area contributed by atoms with Gasteiger partial charge in [-0.2, -0.15) is 23.4 Å². The topological polar surface area (TPSA) is 115 Å².